The summed E-state index contributed by atoms with van der Waals surface area (Å²) in [4.78, 5) is 15.8. The van der Waals surface area contributed by atoms with Gasteiger partial charge in [-0.15, -0.1) is 5.10 Å². The fourth-order valence-corrected chi connectivity index (χ4v) is 2.21. The molecule has 0 spiro atoms. The van der Waals surface area contributed by atoms with E-state index < -0.39 is 35.4 Å². The van der Waals surface area contributed by atoms with Crippen LogP contribution in [0, 0.1) is 5.82 Å². The molecule has 0 unspecified atom stereocenters. The summed E-state index contributed by atoms with van der Waals surface area (Å²) in [7, 11) is 0. The Labute approximate surface area is 130 Å². The van der Waals surface area contributed by atoms with Crippen LogP contribution >= 0.6 is 11.6 Å². The van der Waals surface area contributed by atoms with Crippen LogP contribution in [0.4, 0.5) is 17.6 Å². The van der Waals surface area contributed by atoms with E-state index in [0.29, 0.717) is 4.68 Å². The lowest BCUT2D eigenvalue weighted by Crippen LogP contribution is -2.22. The van der Waals surface area contributed by atoms with Crippen molar-refractivity contribution in [3.8, 4) is 0 Å². The zero-order valence-corrected chi connectivity index (χ0v) is 11.9. The van der Waals surface area contributed by atoms with Gasteiger partial charge in [-0.05, 0) is 18.2 Å². The topological polar surface area (TPSA) is 52.2 Å². The molecular formula is C13H7ClF4N4O. The molecule has 23 heavy (non-hydrogen) atoms. The highest BCUT2D eigenvalue weighted by molar-refractivity contribution is 6.30. The molecule has 0 radical (unpaired) electrons. The SMILES string of the molecule is O=c1n(Cc2ncc(Cl)cc2F)nc2c(C(F)(F)F)cccn12. The van der Waals surface area contributed by atoms with Gasteiger partial charge in [0.2, 0.25) is 0 Å². The first-order chi connectivity index (χ1) is 10.8. The Morgan fingerprint density at radius 2 is 2.04 bits per heavy atom. The smallest absolute Gasteiger partial charge is 0.255 e. The lowest BCUT2D eigenvalue weighted by molar-refractivity contribution is -0.136. The number of hydrogen-bond donors (Lipinski definition) is 0. The molecule has 3 aromatic rings. The van der Waals surface area contributed by atoms with E-state index in [4.69, 9.17) is 11.6 Å². The molecule has 0 bridgehead atoms. The summed E-state index contributed by atoms with van der Waals surface area (Å²) in [5, 5.41) is 3.71. The molecule has 0 aliphatic heterocycles. The van der Waals surface area contributed by atoms with Crippen LogP contribution in [0.2, 0.25) is 5.02 Å². The van der Waals surface area contributed by atoms with E-state index in [2.05, 4.69) is 10.1 Å². The molecule has 0 N–H and O–H groups in total. The van der Waals surface area contributed by atoms with Crippen LogP contribution in [0.3, 0.4) is 0 Å². The maximum Gasteiger partial charge on any atom is 0.420 e. The van der Waals surface area contributed by atoms with Gasteiger partial charge in [0.25, 0.3) is 0 Å². The molecule has 0 amide bonds. The van der Waals surface area contributed by atoms with E-state index >= 15 is 0 Å². The van der Waals surface area contributed by atoms with Gasteiger partial charge < -0.3 is 0 Å². The number of aromatic nitrogens is 4. The van der Waals surface area contributed by atoms with Gasteiger partial charge >= 0.3 is 11.9 Å². The van der Waals surface area contributed by atoms with E-state index in [9.17, 15) is 22.4 Å². The maximum atomic E-state index is 13.7. The third kappa shape index (κ3) is 2.79. The second-order valence-corrected chi connectivity index (χ2v) is 5.07. The van der Waals surface area contributed by atoms with Crippen molar-refractivity contribution in [1.29, 1.82) is 0 Å². The molecule has 10 heteroatoms. The van der Waals surface area contributed by atoms with Crippen molar-refractivity contribution < 1.29 is 17.6 Å². The normalized spacial score (nSPS) is 12.0. The largest absolute Gasteiger partial charge is 0.420 e. The van der Waals surface area contributed by atoms with Crippen molar-refractivity contribution in [2.75, 3.05) is 0 Å². The number of pyridine rings is 2. The Morgan fingerprint density at radius 1 is 1.30 bits per heavy atom. The van der Waals surface area contributed by atoms with E-state index in [1.54, 1.807) is 0 Å². The van der Waals surface area contributed by atoms with E-state index in [-0.39, 0.29) is 10.7 Å². The van der Waals surface area contributed by atoms with Crippen molar-refractivity contribution in [2.45, 2.75) is 12.7 Å². The van der Waals surface area contributed by atoms with Gasteiger partial charge in [-0.1, -0.05) is 11.6 Å². The van der Waals surface area contributed by atoms with Crippen LogP contribution in [0.5, 0.6) is 0 Å². The van der Waals surface area contributed by atoms with Crippen molar-refractivity contribution in [3.63, 3.8) is 0 Å². The Hall–Kier alpha value is -2.42. The molecular weight excluding hydrogens is 340 g/mol. The molecule has 0 aromatic carbocycles. The highest BCUT2D eigenvalue weighted by atomic mass is 35.5. The number of nitrogens with zero attached hydrogens (tertiary/aromatic N) is 4. The molecule has 3 aromatic heterocycles. The second-order valence-electron chi connectivity index (χ2n) is 4.64. The minimum Gasteiger partial charge on any atom is -0.255 e. The zero-order valence-electron chi connectivity index (χ0n) is 11.2. The number of alkyl halides is 3. The Balaban J connectivity index is 2.13. The fraction of sp³-hybridized carbons (Fsp3) is 0.154. The summed E-state index contributed by atoms with van der Waals surface area (Å²) in [6.45, 7) is -0.416. The summed E-state index contributed by atoms with van der Waals surface area (Å²) in [5.41, 5.74) is -2.60. The number of rotatable bonds is 2. The highest BCUT2D eigenvalue weighted by Crippen LogP contribution is 2.31. The quantitative estimate of drug-likeness (QED) is 0.670. The molecule has 0 aliphatic rings. The van der Waals surface area contributed by atoms with Crippen LogP contribution in [-0.4, -0.2) is 19.2 Å². The summed E-state index contributed by atoms with van der Waals surface area (Å²) in [5.74, 6) is -0.780. The van der Waals surface area contributed by atoms with Gasteiger partial charge in [0.05, 0.1) is 17.3 Å². The molecule has 0 saturated heterocycles. The Kier molecular flexibility index (Phi) is 3.59. The minimum absolute atomic E-state index is 0.0629. The first-order valence-electron chi connectivity index (χ1n) is 6.22. The van der Waals surface area contributed by atoms with E-state index in [1.165, 1.54) is 6.20 Å². The standard InChI is InChI=1S/C13H7ClF4N4O/c14-7-4-9(15)10(19-5-7)6-22-12(23)21-3-1-2-8(11(21)20-22)13(16,17)18/h1-5H,6H2. The monoisotopic (exact) mass is 346 g/mol. The summed E-state index contributed by atoms with van der Waals surface area (Å²) >= 11 is 5.57. The van der Waals surface area contributed by atoms with Crippen LogP contribution in [0.15, 0.2) is 35.4 Å². The molecule has 0 atom stereocenters. The molecule has 0 aliphatic carbocycles. The van der Waals surface area contributed by atoms with Crippen LogP contribution in [-0.2, 0) is 12.7 Å². The van der Waals surface area contributed by atoms with Gasteiger partial charge in [0, 0.05) is 12.4 Å². The number of fused-ring (bicyclic) bond motifs is 1. The summed E-state index contributed by atoms with van der Waals surface area (Å²) in [6, 6.07) is 2.89. The van der Waals surface area contributed by atoms with Crippen molar-refractivity contribution in [1.82, 2.24) is 19.2 Å². The number of halogens is 5. The highest BCUT2D eigenvalue weighted by Gasteiger charge is 2.34. The predicted octanol–water partition coefficient (Wildman–Crippen LogP) is 2.75. The minimum atomic E-state index is -4.66. The molecule has 0 fully saturated rings. The first kappa shape index (κ1) is 15.5. The lowest BCUT2D eigenvalue weighted by atomic mass is 10.2. The number of hydrogen-bond acceptors (Lipinski definition) is 3. The van der Waals surface area contributed by atoms with Gasteiger partial charge in [0.1, 0.15) is 11.4 Å². The average molecular weight is 347 g/mol. The van der Waals surface area contributed by atoms with Crippen LogP contribution in [0.25, 0.3) is 5.65 Å². The molecule has 120 valence electrons. The van der Waals surface area contributed by atoms with Crippen LogP contribution < -0.4 is 5.69 Å². The summed E-state index contributed by atoms with van der Waals surface area (Å²) in [6.07, 6.45) is -2.34. The van der Waals surface area contributed by atoms with Crippen molar-refractivity contribution >= 4 is 17.2 Å². The fourth-order valence-electron chi connectivity index (χ4n) is 2.06. The van der Waals surface area contributed by atoms with Gasteiger partial charge in [-0.25, -0.2) is 18.3 Å². The first-order valence-corrected chi connectivity index (χ1v) is 6.60. The maximum absolute atomic E-state index is 13.7. The Bertz CT molecular complexity index is 947. The van der Waals surface area contributed by atoms with Gasteiger partial charge in [0.15, 0.2) is 5.65 Å². The van der Waals surface area contributed by atoms with Gasteiger partial charge in [-0.2, -0.15) is 13.2 Å². The third-order valence-corrected chi connectivity index (χ3v) is 3.31. The lowest BCUT2D eigenvalue weighted by Gasteiger charge is -2.06. The van der Waals surface area contributed by atoms with Crippen molar-refractivity contribution in [3.05, 3.63) is 63.2 Å². The van der Waals surface area contributed by atoms with E-state index in [0.717, 1.165) is 28.8 Å². The third-order valence-electron chi connectivity index (χ3n) is 3.10. The van der Waals surface area contributed by atoms with Crippen LogP contribution in [0.1, 0.15) is 11.3 Å². The Morgan fingerprint density at radius 3 is 2.70 bits per heavy atom. The zero-order chi connectivity index (χ0) is 16.8. The van der Waals surface area contributed by atoms with E-state index in [1.807, 2.05) is 0 Å². The summed E-state index contributed by atoms with van der Waals surface area (Å²) < 4.78 is 54.0. The average Bonchev–Trinajstić information content (AvgIpc) is 2.78. The molecule has 3 rings (SSSR count). The van der Waals surface area contributed by atoms with Crippen molar-refractivity contribution in [2.24, 2.45) is 0 Å². The molecule has 0 saturated carbocycles. The second kappa shape index (κ2) is 5.34. The van der Waals surface area contributed by atoms with Gasteiger partial charge in [-0.3, -0.25) is 4.98 Å². The molecule has 3 heterocycles. The molecule has 5 nitrogen and oxygen atoms in total. The predicted molar refractivity (Wildman–Crippen MR) is 72.8 cm³/mol.